The third kappa shape index (κ3) is 3.34. The lowest BCUT2D eigenvalue weighted by Crippen LogP contribution is -2.00. The maximum atomic E-state index is 12.3. The van der Waals surface area contributed by atoms with E-state index in [2.05, 4.69) is 17.1 Å². The number of nitrogens with zero attached hydrogens (tertiary/aromatic N) is 1. The molecule has 3 rings (SSSR count). The quantitative estimate of drug-likeness (QED) is 0.644. The van der Waals surface area contributed by atoms with Gasteiger partial charge in [0.15, 0.2) is 5.78 Å². The highest BCUT2D eigenvalue weighted by molar-refractivity contribution is 5.99. The first-order valence-corrected chi connectivity index (χ1v) is 7.25. The Morgan fingerprint density at radius 1 is 0.952 bits per heavy atom. The smallest absolute Gasteiger partial charge is 0.162 e. The lowest BCUT2D eigenvalue weighted by atomic mass is 10.0. The number of fused-ring (bicyclic) bond motifs is 1. The first-order chi connectivity index (χ1) is 10.3. The van der Waals surface area contributed by atoms with Crippen molar-refractivity contribution in [3.8, 4) is 0 Å². The number of Topliss-reactive ketones (excluding diaryl/α,β-unsaturated/α-hetero) is 1. The Morgan fingerprint density at radius 2 is 1.81 bits per heavy atom. The average molecular weight is 275 g/mol. The van der Waals surface area contributed by atoms with E-state index in [0.29, 0.717) is 6.42 Å². The number of aromatic nitrogens is 1. The summed E-state index contributed by atoms with van der Waals surface area (Å²) in [6.45, 7) is 0. The summed E-state index contributed by atoms with van der Waals surface area (Å²) in [7, 11) is 0. The molecular weight excluding hydrogens is 258 g/mol. The number of benzene rings is 2. The van der Waals surface area contributed by atoms with E-state index in [1.54, 1.807) is 6.20 Å². The van der Waals surface area contributed by atoms with Crippen molar-refractivity contribution in [3.63, 3.8) is 0 Å². The molecule has 0 radical (unpaired) electrons. The number of hydrogen-bond donors (Lipinski definition) is 0. The molecule has 0 spiro atoms. The average Bonchev–Trinajstić information content (AvgIpc) is 2.55. The molecule has 104 valence electrons. The topological polar surface area (TPSA) is 30.0 Å². The fraction of sp³-hybridized carbons (Fsp3) is 0.158. The predicted octanol–water partition coefficient (Wildman–Crippen LogP) is 4.44. The van der Waals surface area contributed by atoms with E-state index in [-0.39, 0.29) is 5.78 Å². The van der Waals surface area contributed by atoms with Crippen molar-refractivity contribution in [1.82, 2.24) is 4.98 Å². The molecule has 1 aromatic heterocycles. The van der Waals surface area contributed by atoms with Crippen LogP contribution in [0.1, 0.15) is 28.8 Å². The number of pyridine rings is 1. The molecule has 2 heteroatoms. The standard InChI is InChI=1S/C19H17NO/c21-19(10-4-8-15-6-2-1-3-7-15)17-12-11-16-9-5-13-20-18(16)14-17/h1-3,5-7,9,11-14H,4,8,10H2. The monoisotopic (exact) mass is 275 g/mol. The Kier molecular flexibility index (Phi) is 4.06. The van der Waals surface area contributed by atoms with Crippen LogP contribution in [-0.4, -0.2) is 10.8 Å². The van der Waals surface area contributed by atoms with E-state index in [9.17, 15) is 4.79 Å². The molecule has 0 aliphatic carbocycles. The fourth-order valence-electron chi connectivity index (χ4n) is 2.48. The van der Waals surface area contributed by atoms with E-state index in [0.717, 1.165) is 29.3 Å². The molecule has 0 amide bonds. The minimum Gasteiger partial charge on any atom is -0.294 e. The van der Waals surface area contributed by atoms with Crippen LogP contribution < -0.4 is 0 Å². The first-order valence-electron chi connectivity index (χ1n) is 7.25. The molecule has 0 bridgehead atoms. The first kappa shape index (κ1) is 13.5. The molecule has 0 fully saturated rings. The number of carbonyl (C=O) groups excluding carboxylic acids is 1. The highest BCUT2D eigenvalue weighted by atomic mass is 16.1. The van der Waals surface area contributed by atoms with Gasteiger partial charge < -0.3 is 0 Å². The largest absolute Gasteiger partial charge is 0.294 e. The molecule has 0 saturated heterocycles. The third-order valence-corrected chi connectivity index (χ3v) is 3.64. The lowest BCUT2D eigenvalue weighted by Gasteiger charge is -2.03. The summed E-state index contributed by atoms with van der Waals surface area (Å²) >= 11 is 0. The molecule has 0 unspecified atom stereocenters. The molecule has 0 aliphatic rings. The van der Waals surface area contributed by atoms with Crippen LogP contribution in [0, 0.1) is 0 Å². The summed E-state index contributed by atoms with van der Waals surface area (Å²) in [5.74, 6) is 0.193. The Morgan fingerprint density at radius 3 is 2.67 bits per heavy atom. The van der Waals surface area contributed by atoms with Gasteiger partial charge in [0, 0.05) is 23.6 Å². The molecule has 3 aromatic rings. The van der Waals surface area contributed by atoms with Gasteiger partial charge in [0.05, 0.1) is 5.52 Å². The summed E-state index contributed by atoms with van der Waals surface area (Å²) in [6.07, 6.45) is 4.15. The van der Waals surface area contributed by atoms with Gasteiger partial charge in [-0.3, -0.25) is 9.78 Å². The molecule has 0 N–H and O–H groups in total. The Hall–Kier alpha value is -2.48. The van der Waals surface area contributed by atoms with Crippen molar-refractivity contribution in [2.75, 3.05) is 0 Å². The van der Waals surface area contributed by atoms with E-state index >= 15 is 0 Å². The highest BCUT2D eigenvalue weighted by Crippen LogP contribution is 2.15. The van der Waals surface area contributed by atoms with Crippen molar-refractivity contribution in [3.05, 3.63) is 78.0 Å². The van der Waals surface area contributed by atoms with E-state index in [4.69, 9.17) is 0 Å². The van der Waals surface area contributed by atoms with E-state index < -0.39 is 0 Å². The van der Waals surface area contributed by atoms with Crippen LogP contribution in [0.5, 0.6) is 0 Å². The van der Waals surface area contributed by atoms with Crippen LogP contribution in [0.3, 0.4) is 0 Å². The Balaban J connectivity index is 1.64. The number of aryl methyl sites for hydroxylation is 1. The highest BCUT2D eigenvalue weighted by Gasteiger charge is 2.07. The number of carbonyl (C=O) groups is 1. The predicted molar refractivity (Wildman–Crippen MR) is 85.5 cm³/mol. The number of hydrogen-bond acceptors (Lipinski definition) is 2. The molecular formula is C19H17NO. The third-order valence-electron chi connectivity index (χ3n) is 3.64. The van der Waals surface area contributed by atoms with Gasteiger partial charge in [-0.1, -0.05) is 48.5 Å². The van der Waals surface area contributed by atoms with Gasteiger partial charge in [0.2, 0.25) is 0 Å². The van der Waals surface area contributed by atoms with Crippen molar-refractivity contribution in [1.29, 1.82) is 0 Å². The molecule has 0 saturated carbocycles. The zero-order chi connectivity index (χ0) is 14.5. The second-order valence-electron chi connectivity index (χ2n) is 5.17. The van der Waals surface area contributed by atoms with Gasteiger partial charge >= 0.3 is 0 Å². The second kappa shape index (κ2) is 6.31. The summed E-state index contributed by atoms with van der Waals surface area (Å²) in [4.78, 5) is 16.6. The van der Waals surface area contributed by atoms with Crippen LogP contribution in [-0.2, 0) is 6.42 Å². The normalized spacial score (nSPS) is 10.7. The summed E-state index contributed by atoms with van der Waals surface area (Å²) in [6, 6.07) is 19.9. The number of ketones is 1. The van der Waals surface area contributed by atoms with Crippen molar-refractivity contribution >= 4 is 16.7 Å². The molecule has 2 nitrogen and oxygen atoms in total. The van der Waals surface area contributed by atoms with Crippen LogP contribution in [0.4, 0.5) is 0 Å². The summed E-state index contributed by atoms with van der Waals surface area (Å²) in [5, 5.41) is 1.07. The van der Waals surface area contributed by atoms with Gasteiger partial charge in [-0.15, -0.1) is 0 Å². The minimum atomic E-state index is 0.193. The SMILES string of the molecule is O=C(CCCc1ccccc1)c1ccc2cccnc2c1. The van der Waals surface area contributed by atoms with Crippen molar-refractivity contribution < 1.29 is 4.79 Å². The van der Waals surface area contributed by atoms with E-state index in [1.165, 1.54) is 5.56 Å². The summed E-state index contributed by atoms with van der Waals surface area (Å²) in [5.41, 5.74) is 2.92. The molecule has 1 heterocycles. The van der Waals surface area contributed by atoms with Crippen LogP contribution >= 0.6 is 0 Å². The minimum absolute atomic E-state index is 0.193. The zero-order valence-corrected chi connectivity index (χ0v) is 11.8. The maximum absolute atomic E-state index is 12.3. The fourth-order valence-corrected chi connectivity index (χ4v) is 2.48. The molecule has 0 atom stereocenters. The summed E-state index contributed by atoms with van der Waals surface area (Å²) < 4.78 is 0. The van der Waals surface area contributed by atoms with Crippen LogP contribution in [0.15, 0.2) is 66.9 Å². The second-order valence-corrected chi connectivity index (χ2v) is 5.17. The van der Waals surface area contributed by atoms with Gasteiger partial charge in [-0.25, -0.2) is 0 Å². The number of rotatable bonds is 5. The lowest BCUT2D eigenvalue weighted by molar-refractivity contribution is 0.0980. The molecule has 2 aromatic carbocycles. The van der Waals surface area contributed by atoms with Crippen LogP contribution in [0.25, 0.3) is 10.9 Å². The van der Waals surface area contributed by atoms with Crippen LogP contribution in [0.2, 0.25) is 0 Å². The Bertz CT molecular complexity index is 750. The van der Waals surface area contributed by atoms with Gasteiger partial charge in [-0.05, 0) is 30.5 Å². The Labute approximate surface area is 124 Å². The molecule has 0 aliphatic heterocycles. The van der Waals surface area contributed by atoms with Crippen molar-refractivity contribution in [2.45, 2.75) is 19.3 Å². The van der Waals surface area contributed by atoms with Gasteiger partial charge in [-0.2, -0.15) is 0 Å². The van der Waals surface area contributed by atoms with E-state index in [1.807, 2.05) is 48.5 Å². The molecule has 21 heavy (non-hydrogen) atoms. The maximum Gasteiger partial charge on any atom is 0.162 e. The zero-order valence-electron chi connectivity index (χ0n) is 11.8. The van der Waals surface area contributed by atoms with Gasteiger partial charge in [0.25, 0.3) is 0 Å². The van der Waals surface area contributed by atoms with Gasteiger partial charge in [0.1, 0.15) is 0 Å². The van der Waals surface area contributed by atoms with Crippen molar-refractivity contribution in [2.24, 2.45) is 0 Å².